The number of amidine groups is 1. The van der Waals surface area contributed by atoms with Crippen LogP contribution >= 0.6 is 0 Å². The van der Waals surface area contributed by atoms with Gasteiger partial charge in [0.05, 0.1) is 5.84 Å². The van der Waals surface area contributed by atoms with E-state index in [9.17, 15) is 4.79 Å². The van der Waals surface area contributed by atoms with Gasteiger partial charge in [0.25, 0.3) is 0 Å². The molecule has 5 nitrogen and oxygen atoms in total. The number of nitrogens with two attached hydrogens (primary N) is 2. The van der Waals surface area contributed by atoms with Crippen LogP contribution in [0.2, 0.25) is 0 Å². The molecule has 0 spiro atoms. The van der Waals surface area contributed by atoms with Crippen LogP contribution in [0.1, 0.15) is 39.5 Å². The lowest BCUT2D eigenvalue weighted by molar-refractivity contribution is -0.138. The third-order valence-corrected chi connectivity index (χ3v) is 2.26. The van der Waals surface area contributed by atoms with Gasteiger partial charge in [-0.25, -0.2) is 4.79 Å². The lowest BCUT2D eigenvalue weighted by Crippen LogP contribution is -2.23. The molecule has 5 N–H and O–H groups in total. The molecule has 0 saturated heterocycles. The molecule has 0 fully saturated rings. The molecule has 0 bridgehead atoms. The number of aliphatic carboxylic acids is 1. The number of carboxylic acids is 1. The standard InChI is InChI=1S/C12H23N3O2/c1-9(2)6-7-11(14)15-10(12(16)17)5-3-4-8-13/h6,10H,3-5,7-8,13H2,1-2H3,(H2,14,15)(H,16,17)/t10-/m0/s1. The fourth-order valence-electron chi connectivity index (χ4n) is 1.29. The number of rotatable bonds is 8. The molecular formula is C12H23N3O2. The van der Waals surface area contributed by atoms with Gasteiger partial charge in [-0.1, -0.05) is 11.6 Å². The number of hydrogen-bond acceptors (Lipinski definition) is 3. The van der Waals surface area contributed by atoms with Crippen LogP contribution in [-0.4, -0.2) is 29.5 Å². The van der Waals surface area contributed by atoms with Crippen LogP contribution in [0.3, 0.4) is 0 Å². The number of carbonyl (C=O) groups is 1. The number of carboxylic acid groups (broad SMARTS) is 1. The number of allylic oxidation sites excluding steroid dienone is 1. The molecule has 0 radical (unpaired) electrons. The summed E-state index contributed by atoms with van der Waals surface area (Å²) in [6, 6.07) is -0.743. The van der Waals surface area contributed by atoms with Crippen molar-refractivity contribution in [3.05, 3.63) is 11.6 Å². The zero-order chi connectivity index (χ0) is 13.3. The molecule has 0 heterocycles. The van der Waals surface area contributed by atoms with Gasteiger partial charge in [0.1, 0.15) is 6.04 Å². The Hall–Kier alpha value is -1.36. The highest BCUT2D eigenvalue weighted by Crippen LogP contribution is 2.06. The van der Waals surface area contributed by atoms with Crippen LogP contribution in [0, 0.1) is 0 Å². The first-order valence-corrected chi connectivity index (χ1v) is 5.85. The predicted octanol–water partition coefficient (Wildman–Crippen LogP) is 1.28. The Morgan fingerprint density at radius 2 is 2.06 bits per heavy atom. The Morgan fingerprint density at radius 1 is 1.41 bits per heavy atom. The second-order valence-electron chi connectivity index (χ2n) is 4.24. The monoisotopic (exact) mass is 241 g/mol. The van der Waals surface area contributed by atoms with Crippen molar-refractivity contribution >= 4 is 11.8 Å². The first kappa shape index (κ1) is 15.6. The van der Waals surface area contributed by atoms with E-state index in [-0.39, 0.29) is 0 Å². The van der Waals surface area contributed by atoms with Crippen molar-refractivity contribution in [3.63, 3.8) is 0 Å². The zero-order valence-corrected chi connectivity index (χ0v) is 10.6. The maximum atomic E-state index is 11.0. The van der Waals surface area contributed by atoms with Crippen molar-refractivity contribution < 1.29 is 9.90 Å². The lowest BCUT2D eigenvalue weighted by Gasteiger charge is -2.08. The molecule has 1 atom stereocenters. The van der Waals surface area contributed by atoms with E-state index in [1.54, 1.807) is 0 Å². The third-order valence-electron chi connectivity index (χ3n) is 2.26. The second-order valence-corrected chi connectivity index (χ2v) is 4.24. The van der Waals surface area contributed by atoms with E-state index in [4.69, 9.17) is 16.6 Å². The van der Waals surface area contributed by atoms with Gasteiger partial charge in [0, 0.05) is 6.42 Å². The van der Waals surface area contributed by atoms with Gasteiger partial charge in [0.2, 0.25) is 0 Å². The predicted molar refractivity (Wildman–Crippen MR) is 70.0 cm³/mol. The summed E-state index contributed by atoms with van der Waals surface area (Å²) in [4.78, 5) is 15.0. The molecule has 0 unspecified atom stereocenters. The molecule has 98 valence electrons. The molecule has 5 heteroatoms. The number of hydrogen-bond donors (Lipinski definition) is 3. The summed E-state index contributed by atoms with van der Waals surface area (Å²) < 4.78 is 0. The SMILES string of the molecule is CC(C)=CCC(N)=N[C@@H](CCCCN)C(=O)O. The van der Waals surface area contributed by atoms with Crippen LogP contribution < -0.4 is 11.5 Å². The Morgan fingerprint density at radius 3 is 2.53 bits per heavy atom. The maximum Gasteiger partial charge on any atom is 0.328 e. The fourth-order valence-corrected chi connectivity index (χ4v) is 1.29. The molecule has 0 aliphatic carbocycles. The smallest absolute Gasteiger partial charge is 0.328 e. The highest BCUT2D eigenvalue weighted by molar-refractivity contribution is 5.85. The van der Waals surface area contributed by atoms with E-state index in [2.05, 4.69) is 4.99 Å². The molecule has 0 amide bonds. The lowest BCUT2D eigenvalue weighted by atomic mass is 10.1. The van der Waals surface area contributed by atoms with Gasteiger partial charge in [-0.2, -0.15) is 0 Å². The minimum atomic E-state index is -0.929. The Labute approximate surface area is 103 Å². The second kappa shape index (κ2) is 8.75. The summed E-state index contributed by atoms with van der Waals surface area (Å²) in [5, 5.41) is 8.99. The summed E-state index contributed by atoms with van der Waals surface area (Å²) in [5.41, 5.74) is 12.2. The van der Waals surface area contributed by atoms with Crippen molar-refractivity contribution in [2.45, 2.75) is 45.6 Å². The molecule has 17 heavy (non-hydrogen) atoms. The minimum absolute atomic E-state index is 0.367. The third kappa shape index (κ3) is 8.45. The van der Waals surface area contributed by atoms with Gasteiger partial charge >= 0.3 is 5.97 Å². The van der Waals surface area contributed by atoms with Gasteiger partial charge in [0.15, 0.2) is 0 Å². The number of nitrogens with zero attached hydrogens (tertiary/aromatic N) is 1. The Kier molecular flexibility index (Phi) is 8.05. The normalized spacial score (nSPS) is 13.2. The average molecular weight is 241 g/mol. The largest absolute Gasteiger partial charge is 0.480 e. The van der Waals surface area contributed by atoms with Crippen molar-refractivity contribution in [2.75, 3.05) is 6.54 Å². The fraction of sp³-hybridized carbons (Fsp3) is 0.667. The quantitative estimate of drug-likeness (QED) is 0.258. The van der Waals surface area contributed by atoms with E-state index in [1.807, 2.05) is 19.9 Å². The highest BCUT2D eigenvalue weighted by Gasteiger charge is 2.15. The average Bonchev–Trinajstić information content (AvgIpc) is 2.25. The number of aliphatic imine (C=N–C) groups is 1. The van der Waals surface area contributed by atoms with Crippen LogP contribution in [0.4, 0.5) is 0 Å². The molecular weight excluding hydrogens is 218 g/mol. The Bertz CT molecular complexity index is 294. The van der Waals surface area contributed by atoms with Crippen LogP contribution in [0.25, 0.3) is 0 Å². The number of unbranched alkanes of at least 4 members (excludes halogenated alkanes) is 1. The molecule has 0 saturated carbocycles. The molecule has 0 aliphatic rings. The summed E-state index contributed by atoms with van der Waals surface area (Å²) in [5.74, 6) is -0.562. The van der Waals surface area contributed by atoms with E-state index in [0.717, 1.165) is 18.4 Å². The van der Waals surface area contributed by atoms with Crippen LogP contribution in [0.15, 0.2) is 16.6 Å². The molecule has 0 aliphatic heterocycles. The Balaban J connectivity index is 4.35. The molecule has 0 rings (SSSR count). The summed E-state index contributed by atoms with van der Waals surface area (Å²) in [6.07, 6.45) is 4.49. The van der Waals surface area contributed by atoms with Gasteiger partial charge in [-0.05, 0) is 39.7 Å². The maximum absolute atomic E-state index is 11.0. The van der Waals surface area contributed by atoms with E-state index in [1.165, 1.54) is 0 Å². The van der Waals surface area contributed by atoms with Gasteiger partial charge in [-0.3, -0.25) is 4.99 Å². The van der Waals surface area contributed by atoms with Crippen molar-refractivity contribution in [1.29, 1.82) is 0 Å². The molecule has 0 aromatic carbocycles. The zero-order valence-electron chi connectivity index (χ0n) is 10.6. The van der Waals surface area contributed by atoms with Gasteiger partial charge in [-0.15, -0.1) is 0 Å². The van der Waals surface area contributed by atoms with Crippen molar-refractivity contribution in [1.82, 2.24) is 0 Å². The van der Waals surface area contributed by atoms with E-state index < -0.39 is 12.0 Å². The molecule has 0 aromatic heterocycles. The summed E-state index contributed by atoms with van der Waals surface area (Å²) in [7, 11) is 0. The minimum Gasteiger partial charge on any atom is -0.480 e. The van der Waals surface area contributed by atoms with E-state index in [0.29, 0.717) is 25.2 Å². The highest BCUT2D eigenvalue weighted by atomic mass is 16.4. The summed E-state index contributed by atoms with van der Waals surface area (Å²) in [6.45, 7) is 4.50. The molecule has 0 aromatic rings. The first-order valence-electron chi connectivity index (χ1n) is 5.85. The summed E-state index contributed by atoms with van der Waals surface area (Å²) >= 11 is 0. The first-order chi connectivity index (χ1) is 7.97. The van der Waals surface area contributed by atoms with E-state index >= 15 is 0 Å². The van der Waals surface area contributed by atoms with Crippen LogP contribution in [-0.2, 0) is 4.79 Å². The van der Waals surface area contributed by atoms with Crippen LogP contribution in [0.5, 0.6) is 0 Å². The van der Waals surface area contributed by atoms with Crippen molar-refractivity contribution in [2.24, 2.45) is 16.5 Å². The van der Waals surface area contributed by atoms with Crippen molar-refractivity contribution in [3.8, 4) is 0 Å². The van der Waals surface area contributed by atoms with Gasteiger partial charge < -0.3 is 16.6 Å². The topological polar surface area (TPSA) is 102 Å².